The molecule has 0 spiro atoms. The van der Waals surface area contributed by atoms with Crippen molar-refractivity contribution in [1.82, 2.24) is 19.9 Å². The van der Waals surface area contributed by atoms with Crippen LogP contribution < -0.4 is 0 Å². The zero-order chi connectivity index (χ0) is 17.9. The Hall–Kier alpha value is -1.92. The van der Waals surface area contributed by atoms with E-state index in [0.717, 1.165) is 25.1 Å². The van der Waals surface area contributed by atoms with Crippen LogP contribution in [0, 0.1) is 0 Å². The van der Waals surface area contributed by atoms with Crippen LogP contribution in [-0.2, 0) is 11.2 Å². The van der Waals surface area contributed by atoms with Crippen LogP contribution >= 0.6 is 11.6 Å². The Morgan fingerprint density at radius 3 is 2.73 bits per heavy atom. The first kappa shape index (κ1) is 17.5. The van der Waals surface area contributed by atoms with Crippen LogP contribution in [0.2, 0.25) is 5.02 Å². The van der Waals surface area contributed by atoms with Gasteiger partial charge < -0.3 is 9.42 Å². The summed E-state index contributed by atoms with van der Waals surface area (Å²) in [7, 11) is 0. The molecular formula is C19H23ClN4O2. The molecule has 0 unspecified atom stereocenters. The van der Waals surface area contributed by atoms with E-state index >= 15 is 0 Å². The number of aromatic nitrogens is 2. The van der Waals surface area contributed by atoms with Gasteiger partial charge in [-0.2, -0.15) is 4.98 Å². The molecule has 7 heteroatoms. The average molecular weight is 375 g/mol. The van der Waals surface area contributed by atoms with Crippen LogP contribution in [0.4, 0.5) is 0 Å². The first-order valence-corrected chi connectivity index (χ1v) is 9.67. The van der Waals surface area contributed by atoms with Crippen LogP contribution in [0.5, 0.6) is 0 Å². The van der Waals surface area contributed by atoms with Crippen molar-refractivity contribution in [2.75, 3.05) is 26.2 Å². The van der Waals surface area contributed by atoms with Gasteiger partial charge in [0.05, 0.1) is 0 Å². The molecule has 2 saturated heterocycles. The number of hydrogen-bond donors (Lipinski definition) is 0. The fourth-order valence-corrected chi connectivity index (χ4v) is 3.94. The SMILES string of the molecule is O=C(CCc1nc(-c2ccc(Cl)cc2)no1)N1CC[C@@H](N2CCCC2)C1. The Kier molecular flexibility index (Phi) is 5.22. The predicted molar refractivity (Wildman–Crippen MR) is 98.9 cm³/mol. The molecule has 1 aromatic heterocycles. The van der Waals surface area contributed by atoms with Gasteiger partial charge in [0.2, 0.25) is 17.6 Å². The van der Waals surface area contributed by atoms with Crippen molar-refractivity contribution in [3.63, 3.8) is 0 Å². The van der Waals surface area contributed by atoms with Crippen LogP contribution in [0.25, 0.3) is 11.4 Å². The highest BCUT2D eigenvalue weighted by molar-refractivity contribution is 6.30. The van der Waals surface area contributed by atoms with Crippen LogP contribution in [0.15, 0.2) is 28.8 Å². The number of rotatable bonds is 5. The van der Waals surface area contributed by atoms with Gasteiger partial charge in [-0.3, -0.25) is 9.69 Å². The zero-order valence-corrected chi connectivity index (χ0v) is 15.5. The van der Waals surface area contributed by atoms with E-state index in [1.807, 2.05) is 17.0 Å². The second-order valence-electron chi connectivity index (χ2n) is 7.04. The van der Waals surface area contributed by atoms with Gasteiger partial charge in [0, 0.05) is 42.6 Å². The maximum Gasteiger partial charge on any atom is 0.227 e. The summed E-state index contributed by atoms with van der Waals surface area (Å²) in [5.74, 6) is 1.20. The molecule has 3 heterocycles. The Labute approximate surface area is 158 Å². The lowest BCUT2D eigenvalue weighted by Crippen LogP contribution is -2.37. The van der Waals surface area contributed by atoms with Gasteiger partial charge >= 0.3 is 0 Å². The van der Waals surface area contributed by atoms with Gasteiger partial charge in [-0.15, -0.1) is 0 Å². The molecule has 138 valence electrons. The van der Waals surface area contributed by atoms with Gasteiger partial charge in [-0.1, -0.05) is 16.8 Å². The summed E-state index contributed by atoms with van der Waals surface area (Å²) in [5.41, 5.74) is 0.851. The van der Waals surface area contributed by atoms with Gasteiger partial charge in [-0.25, -0.2) is 0 Å². The van der Waals surface area contributed by atoms with Crippen molar-refractivity contribution in [1.29, 1.82) is 0 Å². The number of aryl methyl sites for hydroxylation is 1. The second kappa shape index (κ2) is 7.76. The lowest BCUT2D eigenvalue weighted by Gasteiger charge is -2.23. The third kappa shape index (κ3) is 3.91. The first-order valence-electron chi connectivity index (χ1n) is 9.29. The number of benzene rings is 1. The van der Waals surface area contributed by atoms with E-state index in [0.29, 0.717) is 35.6 Å². The number of amides is 1. The molecule has 1 amide bonds. The largest absolute Gasteiger partial charge is 0.341 e. The van der Waals surface area contributed by atoms with Crippen molar-refractivity contribution >= 4 is 17.5 Å². The summed E-state index contributed by atoms with van der Waals surface area (Å²) >= 11 is 5.89. The number of carbonyl (C=O) groups excluding carboxylic acids is 1. The monoisotopic (exact) mass is 374 g/mol. The molecule has 6 nitrogen and oxygen atoms in total. The molecule has 0 bridgehead atoms. The molecular weight excluding hydrogens is 352 g/mol. The highest BCUT2D eigenvalue weighted by atomic mass is 35.5. The molecule has 2 aromatic rings. The Morgan fingerprint density at radius 1 is 1.19 bits per heavy atom. The molecule has 26 heavy (non-hydrogen) atoms. The summed E-state index contributed by atoms with van der Waals surface area (Å²) < 4.78 is 5.29. The Balaban J connectivity index is 1.29. The lowest BCUT2D eigenvalue weighted by atomic mass is 10.2. The van der Waals surface area contributed by atoms with Crippen molar-refractivity contribution in [3.8, 4) is 11.4 Å². The minimum absolute atomic E-state index is 0.179. The van der Waals surface area contributed by atoms with Crippen LogP contribution in [-0.4, -0.2) is 58.1 Å². The van der Waals surface area contributed by atoms with Crippen molar-refractivity contribution in [3.05, 3.63) is 35.2 Å². The van der Waals surface area contributed by atoms with E-state index in [4.69, 9.17) is 16.1 Å². The summed E-state index contributed by atoms with van der Waals surface area (Å²) in [5, 5.41) is 4.66. The molecule has 1 atom stereocenters. The third-order valence-electron chi connectivity index (χ3n) is 5.30. The molecule has 4 rings (SSSR count). The van der Waals surface area contributed by atoms with E-state index in [1.165, 1.54) is 25.9 Å². The quantitative estimate of drug-likeness (QED) is 0.805. The van der Waals surface area contributed by atoms with E-state index in [2.05, 4.69) is 15.0 Å². The zero-order valence-electron chi connectivity index (χ0n) is 14.7. The second-order valence-corrected chi connectivity index (χ2v) is 7.48. The predicted octanol–water partition coefficient (Wildman–Crippen LogP) is 3.02. The maximum absolute atomic E-state index is 12.5. The topological polar surface area (TPSA) is 62.5 Å². The molecule has 0 N–H and O–H groups in total. The van der Waals surface area contributed by atoms with Gasteiger partial charge in [0.15, 0.2) is 0 Å². The standard InChI is InChI=1S/C19H23ClN4O2/c20-15-5-3-14(4-6-15)19-21-17(26-22-19)7-8-18(25)24-12-9-16(13-24)23-10-1-2-11-23/h3-6,16H,1-2,7-13H2/t16-/m1/s1. The molecule has 1 aromatic carbocycles. The smallest absolute Gasteiger partial charge is 0.227 e. The molecule has 0 radical (unpaired) electrons. The number of halogens is 1. The van der Waals surface area contributed by atoms with Crippen molar-refractivity contribution in [2.24, 2.45) is 0 Å². The van der Waals surface area contributed by atoms with E-state index in [-0.39, 0.29) is 5.91 Å². The van der Waals surface area contributed by atoms with E-state index < -0.39 is 0 Å². The Morgan fingerprint density at radius 2 is 1.96 bits per heavy atom. The van der Waals surface area contributed by atoms with Gasteiger partial charge in [0.1, 0.15) is 0 Å². The fourth-order valence-electron chi connectivity index (χ4n) is 3.82. The van der Waals surface area contributed by atoms with Crippen molar-refractivity contribution < 1.29 is 9.32 Å². The Bertz CT molecular complexity index is 755. The molecule has 0 aliphatic carbocycles. The van der Waals surface area contributed by atoms with Crippen LogP contribution in [0.3, 0.4) is 0 Å². The highest BCUT2D eigenvalue weighted by Gasteiger charge is 2.31. The molecule has 0 saturated carbocycles. The number of hydrogen-bond acceptors (Lipinski definition) is 5. The average Bonchev–Trinajstić information content (AvgIpc) is 3.41. The summed E-state index contributed by atoms with van der Waals surface area (Å²) in [6, 6.07) is 7.83. The van der Waals surface area contributed by atoms with Crippen LogP contribution in [0.1, 0.15) is 31.6 Å². The minimum atomic E-state index is 0.179. The maximum atomic E-state index is 12.5. The lowest BCUT2D eigenvalue weighted by molar-refractivity contribution is -0.130. The third-order valence-corrected chi connectivity index (χ3v) is 5.55. The molecule has 2 fully saturated rings. The van der Waals surface area contributed by atoms with E-state index in [1.54, 1.807) is 12.1 Å². The molecule has 2 aliphatic rings. The number of nitrogens with zero attached hydrogens (tertiary/aromatic N) is 4. The minimum Gasteiger partial charge on any atom is -0.341 e. The summed E-state index contributed by atoms with van der Waals surface area (Å²) in [4.78, 5) is 21.4. The fraction of sp³-hybridized carbons (Fsp3) is 0.526. The molecule has 2 aliphatic heterocycles. The van der Waals surface area contributed by atoms with Gasteiger partial charge in [-0.05, 0) is 56.6 Å². The normalized spacial score (nSPS) is 20.8. The van der Waals surface area contributed by atoms with E-state index in [9.17, 15) is 4.79 Å². The van der Waals surface area contributed by atoms with Crippen molar-refractivity contribution in [2.45, 2.75) is 38.1 Å². The number of likely N-dealkylation sites (tertiary alicyclic amines) is 2. The highest BCUT2D eigenvalue weighted by Crippen LogP contribution is 2.22. The first-order chi connectivity index (χ1) is 12.7. The van der Waals surface area contributed by atoms with Gasteiger partial charge in [0.25, 0.3) is 0 Å². The summed E-state index contributed by atoms with van der Waals surface area (Å²) in [6.45, 7) is 4.09. The number of carbonyl (C=O) groups is 1. The summed E-state index contributed by atoms with van der Waals surface area (Å²) in [6.07, 6.45) is 4.56.